The Labute approximate surface area is 133 Å². The third-order valence-corrected chi connectivity index (χ3v) is 3.66. The van der Waals surface area contributed by atoms with E-state index in [1.54, 1.807) is 11.8 Å². The summed E-state index contributed by atoms with van der Waals surface area (Å²) in [5.74, 6) is -0.577. The van der Waals surface area contributed by atoms with Gasteiger partial charge in [0.1, 0.15) is 0 Å². The lowest BCUT2D eigenvalue weighted by Crippen LogP contribution is -2.44. The monoisotopic (exact) mass is 321 g/mol. The molecule has 0 aromatic heterocycles. The fourth-order valence-corrected chi connectivity index (χ4v) is 2.48. The molecule has 1 N–H and O–H groups in total. The normalized spacial score (nSPS) is 17.4. The van der Waals surface area contributed by atoms with Crippen LogP contribution in [-0.2, 0) is 9.53 Å². The Morgan fingerprint density at radius 3 is 2.70 bits per heavy atom. The van der Waals surface area contributed by atoms with Crippen LogP contribution in [0.5, 0.6) is 0 Å². The van der Waals surface area contributed by atoms with E-state index in [1.165, 1.54) is 24.3 Å². The smallest absolute Gasteiger partial charge is 0.321 e. The summed E-state index contributed by atoms with van der Waals surface area (Å²) in [5.41, 5.74) is 0.433. The predicted molar refractivity (Wildman–Crippen MR) is 83.0 cm³/mol. The number of nitrogens with zero attached hydrogens (tertiary/aromatic N) is 2. The van der Waals surface area contributed by atoms with E-state index in [0.29, 0.717) is 31.8 Å². The maximum Gasteiger partial charge on any atom is 0.321 e. The molecule has 1 atom stereocenters. The molecule has 2 rings (SSSR count). The summed E-state index contributed by atoms with van der Waals surface area (Å²) in [6, 6.07) is 5.28. The first-order valence-corrected chi connectivity index (χ1v) is 7.48. The molecule has 1 aliphatic heterocycles. The van der Waals surface area contributed by atoms with E-state index in [9.17, 15) is 19.7 Å². The first kappa shape index (κ1) is 16.7. The van der Waals surface area contributed by atoms with Gasteiger partial charge in [-0.25, -0.2) is 4.79 Å². The van der Waals surface area contributed by atoms with E-state index in [4.69, 9.17) is 4.74 Å². The molecule has 0 saturated carbocycles. The summed E-state index contributed by atoms with van der Waals surface area (Å²) in [7, 11) is 0. The summed E-state index contributed by atoms with van der Waals surface area (Å²) >= 11 is 0. The van der Waals surface area contributed by atoms with E-state index in [0.717, 1.165) is 6.42 Å². The SMILES string of the molecule is CCOC(=O)C1CCCN(C(=O)Nc2ccc([N+](=O)[O-])cc2)C1. The molecule has 0 radical (unpaired) electrons. The van der Waals surface area contributed by atoms with Crippen molar-refractivity contribution in [3.63, 3.8) is 0 Å². The molecule has 1 aromatic rings. The second-order valence-corrected chi connectivity index (χ2v) is 5.27. The zero-order valence-corrected chi connectivity index (χ0v) is 12.9. The van der Waals surface area contributed by atoms with E-state index < -0.39 is 4.92 Å². The maximum atomic E-state index is 12.2. The zero-order chi connectivity index (χ0) is 16.8. The highest BCUT2D eigenvalue weighted by molar-refractivity contribution is 5.90. The Morgan fingerprint density at radius 2 is 2.09 bits per heavy atom. The summed E-state index contributed by atoms with van der Waals surface area (Å²) in [5, 5.41) is 13.3. The number of amides is 2. The van der Waals surface area contributed by atoms with Gasteiger partial charge in [-0.05, 0) is 31.9 Å². The van der Waals surface area contributed by atoms with Crippen molar-refractivity contribution in [2.45, 2.75) is 19.8 Å². The average molecular weight is 321 g/mol. The highest BCUT2D eigenvalue weighted by atomic mass is 16.6. The van der Waals surface area contributed by atoms with Gasteiger partial charge in [-0.2, -0.15) is 0 Å². The van der Waals surface area contributed by atoms with Crippen LogP contribution in [0, 0.1) is 16.0 Å². The molecule has 1 aromatic carbocycles. The van der Waals surface area contributed by atoms with Gasteiger partial charge in [-0.3, -0.25) is 14.9 Å². The Bertz CT molecular complexity index is 587. The lowest BCUT2D eigenvalue weighted by Gasteiger charge is -2.31. The molecule has 2 amide bonds. The summed E-state index contributed by atoms with van der Waals surface area (Å²) < 4.78 is 5.00. The van der Waals surface area contributed by atoms with E-state index in [-0.39, 0.29) is 23.6 Å². The molecule has 1 aliphatic rings. The molecule has 1 saturated heterocycles. The van der Waals surface area contributed by atoms with Gasteiger partial charge in [-0.1, -0.05) is 0 Å². The molecule has 1 heterocycles. The minimum atomic E-state index is -0.500. The minimum absolute atomic E-state index is 0.0386. The van der Waals surface area contributed by atoms with Crippen LogP contribution < -0.4 is 5.32 Å². The lowest BCUT2D eigenvalue weighted by molar-refractivity contribution is -0.384. The van der Waals surface area contributed by atoms with Crippen LogP contribution in [0.1, 0.15) is 19.8 Å². The minimum Gasteiger partial charge on any atom is -0.466 e. The van der Waals surface area contributed by atoms with Crippen LogP contribution in [0.25, 0.3) is 0 Å². The van der Waals surface area contributed by atoms with Gasteiger partial charge >= 0.3 is 12.0 Å². The van der Waals surface area contributed by atoms with Crippen molar-refractivity contribution in [1.82, 2.24) is 4.90 Å². The number of nitro benzene ring substituents is 1. The van der Waals surface area contributed by atoms with Crippen molar-refractivity contribution in [3.05, 3.63) is 34.4 Å². The van der Waals surface area contributed by atoms with Crippen molar-refractivity contribution >= 4 is 23.4 Å². The van der Waals surface area contributed by atoms with Gasteiger partial charge in [0.25, 0.3) is 5.69 Å². The van der Waals surface area contributed by atoms with Crippen LogP contribution in [0.4, 0.5) is 16.2 Å². The van der Waals surface area contributed by atoms with Crippen molar-refractivity contribution in [1.29, 1.82) is 0 Å². The Morgan fingerprint density at radius 1 is 1.39 bits per heavy atom. The van der Waals surface area contributed by atoms with Gasteiger partial charge in [0.15, 0.2) is 0 Å². The number of ether oxygens (including phenoxy) is 1. The quantitative estimate of drug-likeness (QED) is 0.521. The topological polar surface area (TPSA) is 102 Å². The van der Waals surface area contributed by atoms with Crippen LogP contribution in [0.2, 0.25) is 0 Å². The number of hydrogen-bond acceptors (Lipinski definition) is 5. The number of hydrogen-bond donors (Lipinski definition) is 1. The lowest BCUT2D eigenvalue weighted by atomic mass is 9.98. The van der Waals surface area contributed by atoms with Gasteiger partial charge in [0.2, 0.25) is 0 Å². The van der Waals surface area contributed by atoms with Gasteiger partial charge in [-0.15, -0.1) is 0 Å². The largest absolute Gasteiger partial charge is 0.466 e. The zero-order valence-electron chi connectivity index (χ0n) is 12.9. The average Bonchev–Trinajstić information content (AvgIpc) is 2.55. The van der Waals surface area contributed by atoms with Gasteiger partial charge in [0.05, 0.1) is 17.4 Å². The standard InChI is InChI=1S/C15H19N3O5/c1-2-23-14(19)11-4-3-9-17(10-11)15(20)16-12-5-7-13(8-6-12)18(21)22/h5-8,11H,2-4,9-10H2,1H3,(H,16,20). The molecule has 1 fully saturated rings. The number of carbonyl (C=O) groups is 2. The second kappa shape index (κ2) is 7.57. The Hall–Kier alpha value is -2.64. The number of carbonyl (C=O) groups excluding carboxylic acids is 2. The fourth-order valence-electron chi connectivity index (χ4n) is 2.48. The van der Waals surface area contributed by atoms with Crippen LogP contribution in [-0.4, -0.2) is 41.5 Å². The summed E-state index contributed by atoms with van der Waals surface area (Å²) in [6.45, 7) is 2.95. The Kier molecular flexibility index (Phi) is 5.51. The number of nitrogens with one attached hydrogen (secondary N) is 1. The van der Waals surface area contributed by atoms with Crippen LogP contribution >= 0.6 is 0 Å². The molecule has 8 nitrogen and oxygen atoms in total. The van der Waals surface area contributed by atoms with Crippen molar-refractivity contribution < 1.29 is 19.2 Å². The second-order valence-electron chi connectivity index (χ2n) is 5.27. The number of anilines is 1. The highest BCUT2D eigenvalue weighted by Gasteiger charge is 2.29. The fraction of sp³-hybridized carbons (Fsp3) is 0.467. The number of rotatable bonds is 4. The number of esters is 1. The summed E-state index contributed by atoms with van der Waals surface area (Å²) in [6.07, 6.45) is 1.44. The highest BCUT2D eigenvalue weighted by Crippen LogP contribution is 2.20. The maximum absolute atomic E-state index is 12.2. The summed E-state index contributed by atoms with van der Waals surface area (Å²) in [4.78, 5) is 35.7. The van der Waals surface area contributed by atoms with E-state index in [2.05, 4.69) is 5.32 Å². The Balaban J connectivity index is 1.94. The molecular formula is C15H19N3O5. The van der Waals surface area contributed by atoms with Gasteiger partial charge < -0.3 is 15.0 Å². The molecule has 23 heavy (non-hydrogen) atoms. The molecule has 0 bridgehead atoms. The number of non-ortho nitro benzene ring substituents is 1. The number of urea groups is 1. The van der Waals surface area contributed by atoms with Crippen molar-refractivity contribution in [2.75, 3.05) is 25.0 Å². The molecule has 8 heteroatoms. The third-order valence-electron chi connectivity index (χ3n) is 3.66. The van der Waals surface area contributed by atoms with Crippen molar-refractivity contribution in [3.8, 4) is 0 Å². The number of piperidine rings is 1. The van der Waals surface area contributed by atoms with Crippen molar-refractivity contribution in [2.24, 2.45) is 5.92 Å². The van der Waals surface area contributed by atoms with Gasteiger partial charge in [0, 0.05) is 30.9 Å². The number of benzene rings is 1. The first-order chi connectivity index (χ1) is 11.0. The molecule has 0 spiro atoms. The predicted octanol–water partition coefficient (Wildman–Crippen LogP) is 2.40. The molecular weight excluding hydrogens is 302 g/mol. The molecule has 0 aliphatic carbocycles. The first-order valence-electron chi connectivity index (χ1n) is 7.48. The molecule has 124 valence electrons. The number of likely N-dealkylation sites (tertiary alicyclic amines) is 1. The third kappa shape index (κ3) is 4.41. The van der Waals surface area contributed by atoms with E-state index in [1.807, 2.05) is 0 Å². The van der Waals surface area contributed by atoms with E-state index >= 15 is 0 Å². The number of nitro groups is 1. The van der Waals surface area contributed by atoms with Crippen LogP contribution in [0.3, 0.4) is 0 Å². The molecule has 1 unspecified atom stereocenters. The van der Waals surface area contributed by atoms with Crippen LogP contribution in [0.15, 0.2) is 24.3 Å².